The number of hydrogen-bond donors (Lipinski definition) is 0. The maximum atomic E-state index is 12.7. The SMILES string of the molecule is COc1cc(OC)c(C(F)(F)F)cc1SC. The molecule has 0 fully saturated rings. The zero-order valence-corrected chi connectivity index (χ0v) is 9.83. The van der Waals surface area contributed by atoms with Crippen molar-refractivity contribution in [1.29, 1.82) is 0 Å². The molecule has 0 atom stereocenters. The van der Waals surface area contributed by atoms with E-state index in [1.807, 2.05) is 0 Å². The summed E-state index contributed by atoms with van der Waals surface area (Å²) in [6.07, 6.45) is -2.74. The van der Waals surface area contributed by atoms with Gasteiger partial charge in [-0.15, -0.1) is 11.8 Å². The molecule has 0 unspecified atom stereocenters. The molecule has 0 aliphatic rings. The molecule has 16 heavy (non-hydrogen) atoms. The van der Waals surface area contributed by atoms with Gasteiger partial charge < -0.3 is 9.47 Å². The zero-order chi connectivity index (χ0) is 12.3. The van der Waals surface area contributed by atoms with Crippen LogP contribution in [-0.2, 0) is 6.18 Å². The molecule has 1 aromatic carbocycles. The number of rotatable bonds is 3. The van der Waals surface area contributed by atoms with Gasteiger partial charge in [-0.3, -0.25) is 0 Å². The van der Waals surface area contributed by atoms with Gasteiger partial charge in [0.1, 0.15) is 11.5 Å². The Labute approximate surface area is 95.7 Å². The highest BCUT2D eigenvalue weighted by molar-refractivity contribution is 7.98. The van der Waals surface area contributed by atoms with E-state index in [2.05, 4.69) is 0 Å². The highest BCUT2D eigenvalue weighted by Gasteiger charge is 2.35. The van der Waals surface area contributed by atoms with Crippen molar-refractivity contribution in [2.75, 3.05) is 20.5 Å². The fourth-order valence-electron chi connectivity index (χ4n) is 1.25. The van der Waals surface area contributed by atoms with Crippen molar-refractivity contribution >= 4 is 11.8 Å². The molecule has 0 aliphatic heterocycles. The van der Waals surface area contributed by atoms with Gasteiger partial charge in [-0.1, -0.05) is 0 Å². The molecule has 2 nitrogen and oxygen atoms in total. The summed E-state index contributed by atoms with van der Waals surface area (Å²) >= 11 is 1.19. The molecule has 0 amide bonds. The average molecular weight is 252 g/mol. The average Bonchev–Trinajstić information content (AvgIpc) is 2.25. The minimum atomic E-state index is -4.43. The van der Waals surface area contributed by atoms with Crippen LogP contribution in [0.25, 0.3) is 0 Å². The van der Waals surface area contributed by atoms with Crippen LogP contribution < -0.4 is 9.47 Å². The van der Waals surface area contributed by atoms with Crippen molar-refractivity contribution in [2.45, 2.75) is 11.1 Å². The smallest absolute Gasteiger partial charge is 0.420 e. The van der Waals surface area contributed by atoms with Crippen LogP contribution in [0.1, 0.15) is 5.56 Å². The lowest BCUT2D eigenvalue weighted by molar-refractivity contribution is -0.138. The summed E-state index contributed by atoms with van der Waals surface area (Å²) in [6, 6.07) is 2.27. The van der Waals surface area contributed by atoms with E-state index in [1.54, 1.807) is 6.26 Å². The van der Waals surface area contributed by atoms with Gasteiger partial charge in [0.2, 0.25) is 0 Å². The second-order valence-electron chi connectivity index (χ2n) is 2.91. The Kier molecular flexibility index (Phi) is 3.96. The summed E-state index contributed by atoms with van der Waals surface area (Å²) in [5.41, 5.74) is -0.792. The monoisotopic (exact) mass is 252 g/mol. The predicted octanol–water partition coefficient (Wildman–Crippen LogP) is 3.44. The molecule has 0 saturated carbocycles. The molecular weight excluding hydrogens is 241 g/mol. The van der Waals surface area contributed by atoms with Gasteiger partial charge >= 0.3 is 6.18 Å². The van der Waals surface area contributed by atoms with E-state index >= 15 is 0 Å². The topological polar surface area (TPSA) is 18.5 Å². The Bertz CT molecular complexity index is 377. The molecule has 6 heteroatoms. The van der Waals surface area contributed by atoms with Crippen molar-refractivity contribution < 1.29 is 22.6 Å². The maximum Gasteiger partial charge on any atom is 0.420 e. The van der Waals surface area contributed by atoms with Crippen LogP contribution in [-0.4, -0.2) is 20.5 Å². The molecule has 0 N–H and O–H groups in total. The molecule has 0 aliphatic carbocycles. The molecular formula is C10H11F3O2S. The number of ether oxygens (including phenoxy) is 2. The lowest BCUT2D eigenvalue weighted by atomic mass is 10.2. The number of thioether (sulfide) groups is 1. The van der Waals surface area contributed by atoms with Gasteiger partial charge in [-0.05, 0) is 12.3 Å². The highest BCUT2D eigenvalue weighted by Crippen LogP contribution is 2.42. The fraction of sp³-hybridized carbons (Fsp3) is 0.400. The summed E-state index contributed by atoms with van der Waals surface area (Å²) in [7, 11) is 2.60. The van der Waals surface area contributed by atoms with Crippen LogP contribution in [0.3, 0.4) is 0 Å². The van der Waals surface area contributed by atoms with E-state index in [1.165, 1.54) is 32.0 Å². The van der Waals surface area contributed by atoms with Crippen LogP contribution in [0.15, 0.2) is 17.0 Å². The molecule has 0 spiro atoms. The number of methoxy groups -OCH3 is 2. The van der Waals surface area contributed by atoms with E-state index < -0.39 is 11.7 Å². The van der Waals surface area contributed by atoms with Gasteiger partial charge in [0.15, 0.2) is 0 Å². The van der Waals surface area contributed by atoms with Crippen LogP contribution in [0.2, 0.25) is 0 Å². The minimum absolute atomic E-state index is 0.234. The summed E-state index contributed by atoms with van der Waals surface area (Å²) in [5.74, 6) is 0.138. The molecule has 1 aromatic rings. The van der Waals surface area contributed by atoms with Crippen LogP contribution in [0, 0.1) is 0 Å². The van der Waals surface area contributed by atoms with E-state index in [9.17, 15) is 13.2 Å². The first kappa shape index (κ1) is 13.0. The van der Waals surface area contributed by atoms with Crippen molar-refractivity contribution in [3.05, 3.63) is 17.7 Å². The van der Waals surface area contributed by atoms with E-state index in [0.29, 0.717) is 10.6 Å². The van der Waals surface area contributed by atoms with Crippen molar-refractivity contribution in [1.82, 2.24) is 0 Å². The molecule has 1 rings (SSSR count). The lowest BCUT2D eigenvalue weighted by Gasteiger charge is -2.15. The van der Waals surface area contributed by atoms with Crippen molar-refractivity contribution in [3.8, 4) is 11.5 Å². The number of alkyl halides is 3. The summed E-state index contributed by atoms with van der Waals surface area (Å²) in [6.45, 7) is 0. The van der Waals surface area contributed by atoms with Crippen molar-refractivity contribution in [3.63, 3.8) is 0 Å². The number of benzene rings is 1. The van der Waals surface area contributed by atoms with Gasteiger partial charge in [0.25, 0.3) is 0 Å². The normalized spacial score (nSPS) is 11.4. The Morgan fingerprint density at radius 2 is 1.62 bits per heavy atom. The Morgan fingerprint density at radius 3 is 2.00 bits per heavy atom. The summed E-state index contributed by atoms with van der Waals surface area (Å²) in [5, 5.41) is 0. The summed E-state index contributed by atoms with van der Waals surface area (Å²) in [4.78, 5) is 0.427. The number of halogens is 3. The second-order valence-corrected chi connectivity index (χ2v) is 3.75. The van der Waals surface area contributed by atoms with E-state index in [4.69, 9.17) is 9.47 Å². The molecule has 0 saturated heterocycles. The molecule has 0 radical (unpaired) electrons. The quantitative estimate of drug-likeness (QED) is 0.768. The standard InChI is InChI=1S/C10H11F3O2S/c1-14-7-5-8(15-2)9(16-3)4-6(7)10(11,12)13/h4-5H,1-3H3. The van der Waals surface area contributed by atoms with Gasteiger partial charge in [-0.2, -0.15) is 13.2 Å². The van der Waals surface area contributed by atoms with E-state index in [-0.39, 0.29) is 5.75 Å². The first-order valence-corrected chi connectivity index (χ1v) is 5.53. The van der Waals surface area contributed by atoms with Gasteiger partial charge in [0, 0.05) is 11.0 Å². The predicted molar refractivity (Wildman–Crippen MR) is 56.3 cm³/mol. The van der Waals surface area contributed by atoms with Gasteiger partial charge in [0.05, 0.1) is 19.8 Å². The molecule has 0 heterocycles. The third-order valence-electron chi connectivity index (χ3n) is 2.01. The minimum Gasteiger partial charge on any atom is -0.496 e. The summed E-state index contributed by atoms with van der Waals surface area (Å²) < 4.78 is 47.7. The highest BCUT2D eigenvalue weighted by atomic mass is 32.2. The third-order valence-corrected chi connectivity index (χ3v) is 2.77. The second kappa shape index (κ2) is 4.86. The first-order valence-electron chi connectivity index (χ1n) is 4.31. The van der Waals surface area contributed by atoms with Crippen LogP contribution in [0.5, 0.6) is 11.5 Å². The lowest BCUT2D eigenvalue weighted by Crippen LogP contribution is -2.08. The maximum absolute atomic E-state index is 12.7. The van der Waals surface area contributed by atoms with Crippen LogP contribution >= 0.6 is 11.8 Å². The Hall–Kier alpha value is -1.04. The Morgan fingerprint density at radius 1 is 1.06 bits per heavy atom. The third kappa shape index (κ3) is 2.55. The molecule has 90 valence electrons. The van der Waals surface area contributed by atoms with Crippen molar-refractivity contribution in [2.24, 2.45) is 0 Å². The van der Waals surface area contributed by atoms with Crippen LogP contribution in [0.4, 0.5) is 13.2 Å². The van der Waals surface area contributed by atoms with E-state index in [0.717, 1.165) is 6.07 Å². The van der Waals surface area contributed by atoms with Gasteiger partial charge in [-0.25, -0.2) is 0 Å². The fourth-order valence-corrected chi connectivity index (χ4v) is 1.83. The largest absolute Gasteiger partial charge is 0.496 e. The first-order chi connectivity index (χ1) is 7.43. The number of hydrogen-bond acceptors (Lipinski definition) is 3. The zero-order valence-electron chi connectivity index (χ0n) is 9.01. The molecule has 0 aromatic heterocycles. The Balaban J connectivity index is 3.38. The molecule has 0 bridgehead atoms.